The zero-order valence-corrected chi connectivity index (χ0v) is 13.8. The fourth-order valence-corrected chi connectivity index (χ4v) is 1.38. The molecule has 1 unspecified atom stereocenters. The molecule has 0 heterocycles. The molecule has 0 aliphatic heterocycles. The van der Waals surface area contributed by atoms with Crippen LogP contribution in [-0.4, -0.2) is 22.2 Å². The molecule has 0 bridgehead atoms. The zero-order valence-electron chi connectivity index (χ0n) is 11.7. The van der Waals surface area contributed by atoms with Crippen molar-refractivity contribution < 1.29 is 72.6 Å². The van der Waals surface area contributed by atoms with E-state index in [2.05, 4.69) is 6.92 Å². The molecule has 4 nitrogen and oxygen atoms in total. The predicted molar refractivity (Wildman–Crippen MR) is 62.4 cm³/mol. The van der Waals surface area contributed by atoms with Crippen LogP contribution in [0.4, 0.5) is 0 Å². The summed E-state index contributed by atoms with van der Waals surface area (Å²) < 4.78 is 0. The van der Waals surface area contributed by atoms with Gasteiger partial charge in [0.2, 0.25) is 0 Å². The van der Waals surface area contributed by atoms with E-state index in [4.69, 9.17) is 10.2 Å². The molecule has 1 atom stereocenters. The van der Waals surface area contributed by atoms with Gasteiger partial charge in [0.15, 0.2) is 0 Å². The number of unbranched alkanes of at least 4 members (excludes halogenated alkanes) is 4. The Bertz CT molecular complexity index is 256. The predicted octanol–water partition coefficient (Wildman–Crippen LogP) is -0.195. The number of carboxylic acid groups (broad SMARTS) is 2. The van der Waals surface area contributed by atoms with Gasteiger partial charge in [-0.1, -0.05) is 38.3 Å². The maximum Gasteiger partial charge on any atom is 1.00 e. The van der Waals surface area contributed by atoms with Crippen LogP contribution in [0.25, 0.3) is 0 Å². The molecule has 0 aliphatic carbocycles. The van der Waals surface area contributed by atoms with Crippen molar-refractivity contribution >= 4 is 11.9 Å². The molecular weight excluding hydrogens is 247 g/mol. The largest absolute Gasteiger partial charge is 1.00 e. The first-order valence-electron chi connectivity index (χ1n) is 5.69. The SMILES string of the molecule is CCCCCCC=CC(CC(=O)O)C(=O)O.[H-].[K+]. The van der Waals surface area contributed by atoms with E-state index in [0.29, 0.717) is 0 Å². The number of allylic oxidation sites excluding steroid dienone is 1. The molecule has 5 heteroatoms. The second-order valence-electron chi connectivity index (χ2n) is 3.82. The summed E-state index contributed by atoms with van der Waals surface area (Å²) in [5, 5.41) is 17.3. The molecule has 0 amide bonds. The van der Waals surface area contributed by atoms with E-state index in [9.17, 15) is 9.59 Å². The standard InChI is InChI=1S/C12H20O4.K.H/c1-2-3-4-5-6-7-8-10(12(15)16)9-11(13)14;;/h7-8,10H,2-6,9H2,1H3,(H,13,14)(H,15,16);;/q;+1;-1. The van der Waals surface area contributed by atoms with Crippen LogP contribution < -0.4 is 51.4 Å². The molecule has 2 N–H and O–H groups in total. The molecule has 0 rings (SSSR count). The van der Waals surface area contributed by atoms with Gasteiger partial charge in [0, 0.05) is 0 Å². The Morgan fingerprint density at radius 1 is 1.24 bits per heavy atom. The van der Waals surface area contributed by atoms with Crippen LogP contribution in [-0.2, 0) is 9.59 Å². The van der Waals surface area contributed by atoms with Gasteiger partial charge in [-0.3, -0.25) is 9.59 Å². The molecule has 0 aromatic rings. The van der Waals surface area contributed by atoms with Crippen molar-refractivity contribution in [2.45, 2.75) is 45.4 Å². The maximum absolute atomic E-state index is 10.7. The molecule has 0 spiro atoms. The summed E-state index contributed by atoms with van der Waals surface area (Å²) in [6.07, 6.45) is 8.26. The van der Waals surface area contributed by atoms with Crippen molar-refractivity contribution in [1.29, 1.82) is 0 Å². The van der Waals surface area contributed by atoms with E-state index in [1.807, 2.05) is 0 Å². The van der Waals surface area contributed by atoms with Crippen molar-refractivity contribution in [3.63, 3.8) is 0 Å². The van der Waals surface area contributed by atoms with Crippen molar-refractivity contribution in [3.05, 3.63) is 12.2 Å². The van der Waals surface area contributed by atoms with Gasteiger partial charge in [0.1, 0.15) is 0 Å². The fourth-order valence-electron chi connectivity index (χ4n) is 1.38. The third-order valence-electron chi connectivity index (χ3n) is 2.30. The van der Waals surface area contributed by atoms with Crippen LogP contribution in [0, 0.1) is 5.92 Å². The summed E-state index contributed by atoms with van der Waals surface area (Å²) >= 11 is 0. The molecule has 0 fully saturated rings. The van der Waals surface area contributed by atoms with Crippen molar-refractivity contribution in [1.82, 2.24) is 0 Å². The van der Waals surface area contributed by atoms with E-state index in [1.165, 1.54) is 18.9 Å². The second-order valence-corrected chi connectivity index (χ2v) is 3.82. The molecule has 17 heavy (non-hydrogen) atoms. The first-order valence-corrected chi connectivity index (χ1v) is 5.69. The van der Waals surface area contributed by atoms with E-state index in [-0.39, 0.29) is 59.2 Å². The van der Waals surface area contributed by atoms with Crippen LogP contribution in [0.5, 0.6) is 0 Å². The van der Waals surface area contributed by atoms with Gasteiger partial charge in [-0.2, -0.15) is 0 Å². The van der Waals surface area contributed by atoms with Crippen molar-refractivity contribution in [2.75, 3.05) is 0 Å². The number of carboxylic acids is 2. The average Bonchev–Trinajstić information content (AvgIpc) is 2.20. The molecule has 0 saturated heterocycles. The van der Waals surface area contributed by atoms with Gasteiger partial charge in [0.25, 0.3) is 0 Å². The maximum atomic E-state index is 10.7. The molecule has 0 radical (unpaired) electrons. The molecular formula is C12H21KO4. The molecule has 0 aromatic carbocycles. The van der Waals surface area contributed by atoms with Gasteiger partial charge in [0.05, 0.1) is 12.3 Å². The molecule has 94 valence electrons. The van der Waals surface area contributed by atoms with Gasteiger partial charge >= 0.3 is 63.3 Å². The quantitative estimate of drug-likeness (QED) is 0.345. The van der Waals surface area contributed by atoms with E-state index in [0.717, 1.165) is 19.3 Å². The number of hydrogen-bond donors (Lipinski definition) is 2. The minimum Gasteiger partial charge on any atom is -1.00 e. The van der Waals surface area contributed by atoms with Gasteiger partial charge in [-0.05, 0) is 12.8 Å². The molecule has 0 aliphatic rings. The Balaban J connectivity index is -0.00000112. The summed E-state index contributed by atoms with van der Waals surface area (Å²) in [5.41, 5.74) is 0. The summed E-state index contributed by atoms with van der Waals surface area (Å²) in [7, 11) is 0. The summed E-state index contributed by atoms with van der Waals surface area (Å²) in [5.74, 6) is -3.06. The Morgan fingerprint density at radius 2 is 1.88 bits per heavy atom. The molecule has 0 saturated carbocycles. The van der Waals surface area contributed by atoms with Gasteiger partial charge < -0.3 is 11.6 Å². The Labute approximate surface area is 146 Å². The van der Waals surface area contributed by atoms with Crippen molar-refractivity contribution in [3.8, 4) is 0 Å². The van der Waals surface area contributed by atoms with Crippen LogP contribution in [0.2, 0.25) is 0 Å². The number of carbonyl (C=O) groups is 2. The van der Waals surface area contributed by atoms with E-state index < -0.39 is 17.9 Å². The number of hydrogen-bond acceptors (Lipinski definition) is 2. The average molecular weight is 268 g/mol. The number of aliphatic carboxylic acids is 2. The van der Waals surface area contributed by atoms with E-state index in [1.54, 1.807) is 6.08 Å². The normalized spacial score (nSPS) is 12.1. The Kier molecular flexibility index (Phi) is 14.8. The smallest absolute Gasteiger partial charge is 1.00 e. The van der Waals surface area contributed by atoms with Crippen LogP contribution in [0.3, 0.4) is 0 Å². The van der Waals surface area contributed by atoms with Gasteiger partial charge in [-0.25, -0.2) is 0 Å². The van der Waals surface area contributed by atoms with Crippen LogP contribution in [0.1, 0.15) is 46.9 Å². The van der Waals surface area contributed by atoms with E-state index >= 15 is 0 Å². The zero-order chi connectivity index (χ0) is 12.4. The number of rotatable bonds is 9. The minimum atomic E-state index is -1.08. The fraction of sp³-hybridized carbons (Fsp3) is 0.667. The summed E-state index contributed by atoms with van der Waals surface area (Å²) in [4.78, 5) is 21.1. The van der Waals surface area contributed by atoms with Gasteiger partial charge in [-0.15, -0.1) is 0 Å². The Morgan fingerprint density at radius 3 is 2.35 bits per heavy atom. The van der Waals surface area contributed by atoms with Crippen LogP contribution >= 0.6 is 0 Å². The Hall–Kier alpha value is 0.316. The first kappa shape index (κ1) is 19.7. The minimum absolute atomic E-state index is 0. The monoisotopic (exact) mass is 268 g/mol. The summed E-state index contributed by atoms with van der Waals surface area (Å²) in [6.45, 7) is 2.13. The van der Waals surface area contributed by atoms with Crippen molar-refractivity contribution in [2.24, 2.45) is 5.92 Å². The summed E-state index contributed by atoms with van der Waals surface area (Å²) in [6, 6.07) is 0. The topological polar surface area (TPSA) is 74.6 Å². The van der Waals surface area contributed by atoms with Crippen LogP contribution in [0.15, 0.2) is 12.2 Å². The third kappa shape index (κ3) is 12.6. The molecule has 0 aromatic heterocycles. The second kappa shape index (κ2) is 12.8. The third-order valence-corrected chi connectivity index (χ3v) is 2.30. The first-order chi connectivity index (χ1) is 7.57.